The van der Waals surface area contributed by atoms with Crippen LogP contribution < -0.4 is 20.1 Å². The fourth-order valence-electron chi connectivity index (χ4n) is 2.76. The topological polar surface area (TPSA) is 80.9 Å². The Kier molecular flexibility index (Phi) is 7.71. The lowest BCUT2D eigenvalue weighted by atomic mass is 10.2. The van der Waals surface area contributed by atoms with E-state index in [9.17, 15) is 0 Å². The second-order valence-electron chi connectivity index (χ2n) is 6.69. The second kappa shape index (κ2) is 10.9. The van der Waals surface area contributed by atoms with Crippen LogP contribution in [-0.2, 0) is 6.54 Å². The first-order chi connectivity index (χ1) is 14.7. The molecule has 3 rings (SSSR count). The predicted molar refractivity (Wildman–Crippen MR) is 118 cm³/mol. The van der Waals surface area contributed by atoms with Gasteiger partial charge in [0, 0.05) is 12.1 Å². The highest BCUT2D eigenvalue weighted by Crippen LogP contribution is 2.19. The predicted octanol–water partition coefficient (Wildman–Crippen LogP) is 3.87. The summed E-state index contributed by atoms with van der Waals surface area (Å²) in [4.78, 5) is 9.11. The summed E-state index contributed by atoms with van der Waals surface area (Å²) in [5.74, 6) is 2.90. The van der Waals surface area contributed by atoms with Crippen molar-refractivity contribution in [3.05, 3.63) is 66.6 Å². The fraction of sp³-hybridized carbons (Fsp3) is 0.304. The molecule has 158 valence electrons. The van der Waals surface area contributed by atoms with Crippen LogP contribution in [0.15, 0.2) is 70.3 Å². The normalized spacial score (nSPS) is 12.3. The molecule has 0 bridgehead atoms. The quantitative estimate of drug-likeness (QED) is 0.413. The van der Waals surface area contributed by atoms with Crippen LogP contribution in [0.5, 0.6) is 11.5 Å². The molecule has 0 fully saturated rings. The van der Waals surface area contributed by atoms with Gasteiger partial charge in [-0.3, -0.25) is 0 Å². The molecule has 1 heterocycles. The largest absolute Gasteiger partial charge is 0.497 e. The Labute approximate surface area is 177 Å². The van der Waals surface area contributed by atoms with E-state index in [-0.39, 0.29) is 6.10 Å². The van der Waals surface area contributed by atoms with Crippen molar-refractivity contribution < 1.29 is 13.9 Å². The van der Waals surface area contributed by atoms with Crippen LogP contribution in [0.4, 0.5) is 0 Å². The standard InChI is InChI=1S/C23H28N4O3/c1-4-24-23(25-14-17(2)30-21-12-10-20(28-3)11-13-21)26-15-19-16-29-22(27-19)18-8-6-5-7-9-18/h5-13,16-17H,4,14-15H2,1-3H3,(H2,24,25,26). The fourth-order valence-corrected chi connectivity index (χ4v) is 2.76. The Bertz CT molecular complexity index is 923. The molecule has 0 saturated carbocycles. The molecule has 7 heteroatoms. The number of hydrogen-bond acceptors (Lipinski definition) is 5. The Balaban J connectivity index is 1.53. The van der Waals surface area contributed by atoms with E-state index in [0.717, 1.165) is 29.3 Å². The Morgan fingerprint density at radius 2 is 1.80 bits per heavy atom. The molecule has 2 aromatic carbocycles. The molecule has 0 aliphatic rings. The molecule has 2 N–H and O–H groups in total. The molecule has 0 radical (unpaired) electrons. The molecule has 0 aliphatic heterocycles. The third-order valence-electron chi connectivity index (χ3n) is 4.27. The molecule has 1 aromatic heterocycles. The van der Waals surface area contributed by atoms with Gasteiger partial charge in [0.15, 0.2) is 5.96 Å². The molecule has 7 nitrogen and oxygen atoms in total. The minimum absolute atomic E-state index is 0.0426. The van der Waals surface area contributed by atoms with Crippen molar-refractivity contribution in [1.29, 1.82) is 0 Å². The van der Waals surface area contributed by atoms with Gasteiger partial charge in [0.1, 0.15) is 29.6 Å². The van der Waals surface area contributed by atoms with Gasteiger partial charge < -0.3 is 24.5 Å². The molecular formula is C23H28N4O3. The van der Waals surface area contributed by atoms with Gasteiger partial charge in [0.25, 0.3) is 0 Å². The van der Waals surface area contributed by atoms with Crippen LogP contribution in [0.25, 0.3) is 11.5 Å². The Morgan fingerprint density at radius 1 is 1.07 bits per heavy atom. The lowest BCUT2D eigenvalue weighted by Gasteiger charge is -2.17. The van der Waals surface area contributed by atoms with Crippen molar-refractivity contribution in [3.8, 4) is 23.0 Å². The zero-order valence-corrected chi connectivity index (χ0v) is 17.6. The van der Waals surface area contributed by atoms with Crippen molar-refractivity contribution in [2.24, 2.45) is 4.99 Å². The number of aliphatic imine (C=N–C) groups is 1. The van der Waals surface area contributed by atoms with Gasteiger partial charge in [0.05, 0.1) is 20.2 Å². The van der Waals surface area contributed by atoms with Gasteiger partial charge >= 0.3 is 0 Å². The highest BCUT2D eigenvalue weighted by atomic mass is 16.5. The molecule has 3 aromatic rings. The Hall–Kier alpha value is -3.48. The molecule has 0 saturated heterocycles. The lowest BCUT2D eigenvalue weighted by molar-refractivity contribution is 0.223. The Morgan fingerprint density at radius 3 is 2.50 bits per heavy atom. The van der Waals surface area contributed by atoms with Gasteiger partial charge in [-0.1, -0.05) is 18.2 Å². The van der Waals surface area contributed by atoms with Gasteiger partial charge in [-0.05, 0) is 50.2 Å². The van der Waals surface area contributed by atoms with E-state index >= 15 is 0 Å². The van der Waals surface area contributed by atoms with Crippen molar-refractivity contribution in [3.63, 3.8) is 0 Å². The minimum atomic E-state index is -0.0426. The number of rotatable bonds is 9. The second-order valence-corrected chi connectivity index (χ2v) is 6.69. The third-order valence-corrected chi connectivity index (χ3v) is 4.27. The molecule has 0 spiro atoms. The SMILES string of the molecule is CCNC(=NCc1coc(-c2ccccc2)n1)NCC(C)Oc1ccc(OC)cc1. The molecule has 30 heavy (non-hydrogen) atoms. The van der Waals surface area contributed by atoms with Gasteiger partial charge in [-0.25, -0.2) is 9.98 Å². The van der Waals surface area contributed by atoms with Gasteiger partial charge in [-0.15, -0.1) is 0 Å². The maximum Gasteiger partial charge on any atom is 0.226 e. The number of benzene rings is 2. The number of hydrogen-bond donors (Lipinski definition) is 2. The summed E-state index contributed by atoms with van der Waals surface area (Å²) >= 11 is 0. The average molecular weight is 409 g/mol. The number of methoxy groups -OCH3 is 1. The van der Waals surface area contributed by atoms with Gasteiger partial charge in [0.2, 0.25) is 5.89 Å². The first-order valence-corrected chi connectivity index (χ1v) is 10.0. The van der Waals surface area contributed by atoms with Crippen LogP contribution in [0, 0.1) is 0 Å². The number of aromatic nitrogens is 1. The van der Waals surface area contributed by atoms with E-state index in [0.29, 0.717) is 24.9 Å². The van der Waals surface area contributed by atoms with Crippen LogP contribution >= 0.6 is 0 Å². The number of nitrogens with one attached hydrogen (secondary N) is 2. The summed E-state index contributed by atoms with van der Waals surface area (Å²) in [6.45, 7) is 5.81. The van der Waals surface area contributed by atoms with Crippen LogP contribution in [0.3, 0.4) is 0 Å². The summed E-state index contributed by atoms with van der Waals surface area (Å²) in [6, 6.07) is 17.4. The summed E-state index contributed by atoms with van der Waals surface area (Å²) < 4.78 is 16.7. The highest BCUT2D eigenvalue weighted by Gasteiger charge is 2.08. The average Bonchev–Trinajstić information content (AvgIpc) is 3.26. The highest BCUT2D eigenvalue weighted by molar-refractivity contribution is 5.79. The summed E-state index contributed by atoms with van der Waals surface area (Å²) in [5, 5.41) is 6.54. The summed E-state index contributed by atoms with van der Waals surface area (Å²) in [7, 11) is 1.64. The molecule has 1 atom stereocenters. The number of oxazole rings is 1. The van der Waals surface area contributed by atoms with E-state index in [1.165, 1.54) is 0 Å². The van der Waals surface area contributed by atoms with Crippen molar-refractivity contribution in [2.45, 2.75) is 26.5 Å². The van der Waals surface area contributed by atoms with Gasteiger partial charge in [-0.2, -0.15) is 0 Å². The number of nitrogens with zero attached hydrogens (tertiary/aromatic N) is 2. The summed E-state index contributed by atoms with van der Waals surface area (Å²) in [5.41, 5.74) is 1.72. The van der Waals surface area contributed by atoms with E-state index in [1.807, 2.05) is 68.4 Å². The number of guanidine groups is 1. The zero-order valence-electron chi connectivity index (χ0n) is 17.6. The zero-order chi connectivity index (χ0) is 21.2. The van der Waals surface area contributed by atoms with E-state index in [4.69, 9.17) is 13.9 Å². The van der Waals surface area contributed by atoms with E-state index < -0.39 is 0 Å². The smallest absolute Gasteiger partial charge is 0.226 e. The lowest BCUT2D eigenvalue weighted by Crippen LogP contribution is -2.41. The van der Waals surface area contributed by atoms with Crippen molar-refractivity contribution in [1.82, 2.24) is 15.6 Å². The molecule has 1 unspecified atom stereocenters. The van der Waals surface area contributed by atoms with Crippen LogP contribution in [0.2, 0.25) is 0 Å². The first kappa shape index (κ1) is 21.2. The molecular weight excluding hydrogens is 380 g/mol. The van der Waals surface area contributed by atoms with E-state index in [1.54, 1.807) is 13.4 Å². The van der Waals surface area contributed by atoms with E-state index in [2.05, 4.69) is 20.6 Å². The van der Waals surface area contributed by atoms with Crippen LogP contribution in [-0.4, -0.2) is 37.2 Å². The van der Waals surface area contributed by atoms with Crippen molar-refractivity contribution >= 4 is 5.96 Å². The maximum absolute atomic E-state index is 5.93. The number of ether oxygens (including phenoxy) is 2. The minimum Gasteiger partial charge on any atom is -0.497 e. The maximum atomic E-state index is 5.93. The molecule has 0 amide bonds. The monoisotopic (exact) mass is 408 g/mol. The van der Waals surface area contributed by atoms with Crippen LogP contribution in [0.1, 0.15) is 19.5 Å². The third kappa shape index (κ3) is 6.27. The molecule has 0 aliphatic carbocycles. The van der Waals surface area contributed by atoms with Crippen molar-refractivity contribution in [2.75, 3.05) is 20.2 Å². The first-order valence-electron chi connectivity index (χ1n) is 10.0. The summed E-state index contributed by atoms with van der Waals surface area (Å²) in [6.07, 6.45) is 1.60.